The van der Waals surface area contributed by atoms with Crippen molar-refractivity contribution in [2.24, 2.45) is 0 Å². The number of rotatable bonds is 4. The Morgan fingerprint density at radius 3 is 2.56 bits per heavy atom. The van der Waals surface area contributed by atoms with Gasteiger partial charge in [-0.3, -0.25) is 0 Å². The van der Waals surface area contributed by atoms with Crippen molar-refractivity contribution < 1.29 is 8.78 Å². The molecule has 0 amide bonds. The fourth-order valence-electron chi connectivity index (χ4n) is 4.85. The second kappa shape index (κ2) is 8.89. The van der Waals surface area contributed by atoms with Crippen LogP contribution in [0, 0.1) is 18.6 Å². The predicted octanol–water partition coefficient (Wildman–Crippen LogP) is 5.74. The number of imidazole rings is 1. The maximum Gasteiger partial charge on any atom is 0.229 e. The Morgan fingerprint density at radius 1 is 1.06 bits per heavy atom. The molecule has 188 valence electrons. The van der Waals surface area contributed by atoms with Crippen molar-refractivity contribution in [3.8, 4) is 11.3 Å². The highest BCUT2D eigenvalue weighted by molar-refractivity contribution is 5.83. The molecular formula is C27H31F2N7. The summed E-state index contributed by atoms with van der Waals surface area (Å²) in [6, 6.07) is 5.25. The van der Waals surface area contributed by atoms with Gasteiger partial charge in [-0.15, -0.1) is 0 Å². The number of fused-ring (bicyclic) bond motifs is 2. The number of pyridine rings is 1. The molecule has 0 spiro atoms. The van der Waals surface area contributed by atoms with E-state index in [0.717, 1.165) is 37.0 Å². The molecule has 0 radical (unpaired) electrons. The molecule has 0 bridgehead atoms. The number of anilines is 2. The minimum absolute atomic E-state index is 0.0157. The maximum absolute atomic E-state index is 15.0. The quantitative estimate of drug-likeness (QED) is 0.379. The van der Waals surface area contributed by atoms with Crippen molar-refractivity contribution in [2.45, 2.75) is 66.0 Å². The van der Waals surface area contributed by atoms with Gasteiger partial charge in [-0.2, -0.15) is 0 Å². The average Bonchev–Trinajstić information content (AvgIpc) is 3.16. The van der Waals surface area contributed by atoms with Crippen LogP contribution in [-0.2, 0) is 18.4 Å². The van der Waals surface area contributed by atoms with E-state index in [4.69, 9.17) is 4.98 Å². The van der Waals surface area contributed by atoms with Crippen LogP contribution in [0.15, 0.2) is 24.4 Å². The maximum atomic E-state index is 15.0. The zero-order chi connectivity index (χ0) is 25.8. The van der Waals surface area contributed by atoms with Gasteiger partial charge in [-0.1, -0.05) is 20.8 Å². The Kier molecular flexibility index (Phi) is 5.98. The van der Waals surface area contributed by atoms with Gasteiger partial charge in [0.05, 0.1) is 11.7 Å². The summed E-state index contributed by atoms with van der Waals surface area (Å²) in [5, 5.41) is 6.61. The summed E-state index contributed by atoms with van der Waals surface area (Å²) in [6.07, 6.45) is 1.93. The molecule has 0 saturated heterocycles. The van der Waals surface area contributed by atoms with Gasteiger partial charge in [0.1, 0.15) is 22.9 Å². The molecule has 1 aliphatic rings. The van der Waals surface area contributed by atoms with Crippen LogP contribution in [0.5, 0.6) is 0 Å². The third-order valence-corrected chi connectivity index (χ3v) is 6.54. The summed E-state index contributed by atoms with van der Waals surface area (Å²) in [4.78, 5) is 17.9. The first-order chi connectivity index (χ1) is 17.0. The molecule has 5 rings (SSSR count). The smallest absolute Gasteiger partial charge is 0.229 e. The number of hydrogen-bond acceptors (Lipinski definition) is 6. The third kappa shape index (κ3) is 4.32. The summed E-state index contributed by atoms with van der Waals surface area (Å²) in [7, 11) is 0. The van der Waals surface area contributed by atoms with E-state index in [-0.39, 0.29) is 28.6 Å². The van der Waals surface area contributed by atoms with E-state index < -0.39 is 11.6 Å². The predicted molar refractivity (Wildman–Crippen MR) is 137 cm³/mol. The second-order valence-corrected chi connectivity index (χ2v) is 10.6. The van der Waals surface area contributed by atoms with Gasteiger partial charge in [-0.05, 0) is 49.9 Å². The van der Waals surface area contributed by atoms with E-state index in [1.807, 2.05) is 25.3 Å². The number of halogens is 2. The van der Waals surface area contributed by atoms with E-state index in [1.165, 1.54) is 11.6 Å². The van der Waals surface area contributed by atoms with Crippen LogP contribution in [0.2, 0.25) is 0 Å². The van der Waals surface area contributed by atoms with Gasteiger partial charge in [0.25, 0.3) is 0 Å². The number of nitrogens with one attached hydrogen (secondary N) is 2. The Bertz CT molecular complexity index is 1470. The van der Waals surface area contributed by atoms with Crippen molar-refractivity contribution >= 4 is 22.8 Å². The highest BCUT2D eigenvalue weighted by Gasteiger charge is 2.24. The van der Waals surface area contributed by atoms with Gasteiger partial charge in [0, 0.05) is 42.4 Å². The number of benzene rings is 1. The van der Waals surface area contributed by atoms with Crippen LogP contribution in [0.25, 0.3) is 22.3 Å². The summed E-state index contributed by atoms with van der Waals surface area (Å²) in [5.41, 5.74) is 4.24. The lowest BCUT2D eigenvalue weighted by atomic mass is 9.85. The van der Waals surface area contributed by atoms with E-state index >= 15 is 4.39 Å². The van der Waals surface area contributed by atoms with Crippen molar-refractivity contribution in [1.29, 1.82) is 0 Å². The van der Waals surface area contributed by atoms with Crippen LogP contribution >= 0.6 is 0 Å². The molecule has 2 N–H and O–H groups in total. The highest BCUT2D eigenvalue weighted by Crippen LogP contribution is 2.34. The second-order valence-electron chi connectivity index (χ2n) is 10.6. The number of aryl methyl sites for hydroxylation is 1. The zero-order valence-electron chi connectivity index (χ0n) is 21.5. The first kappa shape index (κ1) is 24.2. The van der Waals surface area contributed by atoms with Crippen molar-refractivity contribution in [1.82, 2.24) is 29.8 Å². The summed E-state index contributed by atoms with van der Waals surface area (Å²) < 4.78 is 31.9. The first-order valence-corrected chi connectivity index (χ1v) is 12.2. The fourth-order valence-corrected chi connectivity index (χ4v) is 4.85. The van der Waals surface area contributed by atoms with Crippen LogP contribution in [0.1, 0.15) is 63.3 Å². The van der Waals surface area contributed by atoms with Crippen LogP contribution in [0.3, 0.4) is 0 Å². The number of aromatic nitrogens is 5. The normalized spacial score (nSPS) is 13.9. The Balaban J connectivity index is 1.59. The molecule has 9 heteroatoms. The van der Waals surface area contributed by atoms with Gasteiger partial charge in [0.2, 0.25) is 5.95 Å². The highest BCUT2D eigenvalue weighted by atomic mass is 19.1. The molecule has 36 heavy (non-hydrogen) atoms. The van der Waals surface area contributed by atoms with Gasteiger partial charge in [-0.25, -0.2) is 28.7 Å². The molecule has 7 nitrogen and oxygen atoms in total. The lowest BCUT2D eigenvalue weighted by Crippen LogP contribution is -2.26. The van der Waals surface area contributed by atoms with Gasteiger partial charge >= 0.3 is 0 Å². The third-order valence-electron chi connectivity index (χ3n) is 6.54. The molecule has 4 heterocycles. The summed E-state index contributed by atoms with van der Waals surface area (Å²) in [6.45, 7) is 13.8. The molecule has 1 aromatic carbocycles. The molecular weight excluding hydrogens is 460 g/mol. The Hall–Kier alpha value is -3.46. The lowest BCUT2D eigenvalue weighted by molar-refractivity contribution is 0.578. The van der Waals surface area contributed by atoms with E-state index in [2.05, 4.69) is 52.4 Å². The van der Waals surface area contributed by atoms with E-state index in [9.17, 15) is 4.39 Å². The Morgan fingerprint density at radius 2 is 1.83 bits per heavy atom. The van der Waals surface area contributed by atoms with Crippen molar-refractivity contribution in [2.75, 3.05) is 11.9 Å². The topological polar surface area (TPSA) is 80.6 Å². The fraction of sp³-hybridized carbons (Fsp3) is 0.407. The molecule has 1 aliphatic heterocycles. The Labute approximate surface area is 209 Å². The molecule has 0 saturated carbocycles. The lowest BCUT2D eigenvalue weighted by Gasteiger charge is -2.26. The van der Waals surface area contributed by atoms with E-state index in [0.29, 0.717) is 22.7 Å². The summed E-state index contributed by atoms with van der Waals surface area (Å²) in [5.74, 6) is 0.401. The number of hydrogen-bond donors (Lipinski definition) is 2. The SMILES string of the molecule is Cc1nc2c(F)cc(-c3nc(Nc4nc5c(cc4C(C)(C)C)CNCC5)ncc3F)cc2n1C(C)C. The minimum atomic E-state index is -0.632. The largest absolute Gasteiger partial charge is 0.326 e. The van der Waals surface area contributed by atoms with Crippen molar-refractivity contribution in [3.63, 3.8) is 0 Å². The molecule has 3 aromatic heterocycles. The van der Waals surface area contributed by atoms with Crippen LogP contribution in [-0.4, -0.2) is 31.0 Å². The minimum Gasteiger partial charge on any atom is -0.326 e. The van der Waals surface area contributed by atoms with E-state index in [1.54, 1.807) is 6.07 Å². The summed E-state index contributed by atoms with van der Waals surface area (Å²) >= 11 is 0. The monoisotopic (exact) mass is 491 g/mol. The average molecular weight is 492 g/mol. The van der Waals surface area contributed by atoms with Gasteiger partial charge < -0.3 is 15.2 Å². The molecule has 4 aromatic rings. The van der Waals surface area contributed by atoms with Crippen LogP contribution < -0.4 is 10.6 Å². The molecule has 0 unspecified atom stereocenters. The zero-order valence-corrected chi connectivity index (χ0v) is 21.5. The van der Waals surface area contributed by atoms with Crippen LogP contribution in [0.4, 0.5) is 20.5 Å². The first-order valence-electron chi connectivity index (χ1n) is 12.2. The standard InChI is InChI=1S/C27H31F2N7/c1-14(2)36-15(3)32-24-19(28)10-16(11-22(24)36)23-20(29)13-31-26(34-23)35-25-18(27(4,5)6)9-17-12-30-8-7-21(17)33-25/h9-11,13-14,30H,7-8,12H2,1-6H3,(H,31,33,34,35). The number of nitrogens with zero attached hydrogens (tertiary/aromatic N) is 5. The van der Waals surface area contributed by atoms with Crippen molar-refractivity contribution in [3.05, 3.63) is 58.7 Å². The molecule has 0 atom stereocenters. The molecule has 0 aliphatic carbocycles. The van der Waals surface area contributed by atoms with Gasteiger partial charge in [0.15, 0.2) is 11.6 Å². The molecule has 0 fully saturated rings.